The molecule has 0 aliphatic rings. The van der Waals surface area contributed by atoms with Crippen LogP contribution in [0.5, 0.6) is 0 Å². The molecule has 0 saturated heterocycles. The second kappa shape index (κ2) is 5.37. The SMILES string of the molecule is OB(O)c1ccc(-c2cccc(B(O)O)c2)cc1. The van der Waals surface area contributed by atoms with Crippen molar-refractivity contribution in [1.82, 2.24) is 0 Å². The fourth-order valence-electron chi connectivity index (χ4n) is 1.73. The average molecular weight is 242 g/mol. The predicted octanol–water partition coefficient (Wildman–Crippen LogP) is -1.29. The molecule has 0 aromatic heterocycles. The molecule has 2 aromatic carbocycles. The molecule has 0 atom stereocenters. The standard InChI is InChI=1S/C12H12B2O4/c15-13(16)11-6-4-9(5-7-11)10-2-1-3-12(8-10)14(17)18/h1-8,15-18H. The van der Waals surface area contributed by atoms with Gasteiger partial charge in [0.05, 0.1) is 0 Å². The first-order chi connectivity index (χ1) is 8.58. The second-order valence-electron chi connectivity index (χ2n) is 3.99. The average Bonchev–Trinajstić information content (AvgIpc) is 2.39. The third-order valence-electron chi connectivity index (χ3n) is 2.73. The summed E-state index contributed by atoms with van der Waals surface area (Å²) in [5.74, 6) is 0. The number of hydrogen-bond acceptors (Lipinski definition) is 4. The van der Waals surface area contributed by atoms with E-state index >= 15 is 0 Å². The lowest BCUT2D eigenvalue weighted by Gasteiger charge is -2.06. The van der Waals surface area contributed by atoms with E-state index in [0.29, 0.717) is 10.9 Å². The van der Waals surface area contributed by atoms with E-state index in [9.17, 15) is 0 Å². The Morgan fingerprint density at radius 1 is 0.611 bits per heavy atom. The van der Waals surface area contributed by atoms with E-state index in [-0.39, 0.29) is 0 Å². The minimum Gasteiger partial charge on any atom is -0.423 e. The highest BCUT2D eigenvalue weighted by molar-refractivity contribution is 6.59. The van der Waals surface area contributed by atoms with Crippen LogP contribution in [0, 0.1) is 0 Å². The highest BCUT2D eigenvalue weighted by Crippen LogP contribution is 2.16. The molecule has 0 saturated carbocycles. The molecular formula is C12H12B2O4. The summed E-state index contributed by atoms with van der Waals surface area (Å²) in [4.78, 5) is 0. The van der Waals surface area contributed by atoms with Gasteiger partial charge in [-0.2, -0.15) is 0 Å². The zero-order chi connectivity index (χ0) is 13.1. The first kappa shape index (κ1) is 12.9. The summed E-state index contributed by atoms with van der Waals surface area (Å²) < 4.78 is 0. The van der Waals surface area contributed by atoms with E-state index in [1.165, 1.54) is 0 Å². The Bertz CT molecular complexity index is 526. The van der Waals surface area contributed by atoms with Gasteiger partial charge in [-0.05, 0) is 22.1 Å². The molecular weight excluding hydrogens is 230 g/mol. The van der Waals surface area contributed by atoms with E-state index < -0.39 is 14.2 Å². The van der Waals surface area contributed by atoms with Gasteiger partial charge in [0.2, 0.25) is 0 Å². The van der Waals surface area contributed by atoms with Crippen molar-refractivity contribution in [2.45, 2.75) is 0 Å². The molecule has 0 amide bonds. The smallest absolute Gasteiger partial charge is 0.423 e. The molecule has 0 unspecified atom stereocenters. The molecule has 0 heterocycles. The van der Waals surface area contributed by atoms with Gasteiger partial charge in [0, 0.05) is 0 Å². The number of hydrogen-bond donors (Lipinski definition) is 4. The Hall–Kier alpha value is -1.59. The summed E-state index contributed by atoms with van der Waals surface area (Å²) in [6, 6.07) is 13.6. The fourth-order valence-corrected chi connectivity index (χ4v) is 1.73. The minimum absolute atomic E-state index is 0.414. The molecule has 18 heavy (non-hydrogen) atoms. The molecule has 0 spiro atoms. The molecule has 4 N–H and O–H groups in total. The summed E-state index contributed by atoms with van der Waals surface area (Å²) in [7, 11) is -2.98. The molecule has 6 heteroatoms. The van der Waals surface area contributed by atoms with Gasteiger partial charge < -0.3 is 20.1 Å². The quantitative estimate of drug-likeness (QED) is 0.505. The Balaban J connectivity index is 2.33. The van der Waals surface area contributed by atoms with Crippen molar-refractivity contribution < 1.29 is 20.1 Å². The van der Waals surface area contributed by atoms with E-state index in [1.54, 1.807) is 42.5 Å². The third-order valence-corrected chi connectivity index (χ3v) is 2.73. The third kappa shape index (κ3) is 2.80. The normalized spacial score (nSPS) is 10.2. The van der Waals surface area contributed by atoms with Crippen LogP contribution < -0.4 is 10.9 Å². The number of rotatable bonds is 3. The van der Waals surface area contributed by atoms with Gasteiger partial charge in [-0.15, -0.1) is 0 Å². The molecule has 0 aliphatic heterocycles. The monoisotopic (exact) mass is 242 g/mol. The van der Waals surface area contributed by atoms with Crippen LogP contribution in [0.25, 0.3) is 11.1 Å². The van der Waals surface area contributed by atoms with Crippen molar-refractivity contribution in [3.8, 4) is 11.1 Å². The Morgan fingerprint density at radius 3 is 1.78 bits per heavy atom. The van der Waals surface area contributed by atoms with Crippen LogP contribution in [0.15, 0.2) is 48.5 Å². The molecule has 0 bridgehead atoms. The summed E-state index contributed by atoms with van der Waals surface area (Å²) in [6.45, 7) is 0. The molecule has 0 fully saturated rings. The highest BCUT2D eigenvalue weighted by Gasteiger charge is 2.12. The van der Waals surface area contributed by atoms with E-state index in [2.05, 4.69) is 0 Å². The molecule has 2 aromatic rings. The van der Waals surface area contributed by atoms with Crippen molar-refractivity contribution in [2.75, 3.05) is 0 Å². The maximum atomic E-state index is 9.10. The molecule has 4 nitrogen and oxygen atoms in total. The van der Waals surface area contributed by atoms with Crippen molar-refractivity contribution in [3.63, 3.8) is 0 Å². The highest BCUT2D eigenvalue weighted by atomic mass is 16.4. The Kier molecular flexibility index (Phi) is 3.84. The van der Waals surface area contributed by atoms with Gasteiger partial charge in [-0.3, -0.25) is 0 Å². The van der Waals surface area contributed by atoms with Gasteiger partial charge >= 0.3 is 14.2 Å². The second-order valence-corrected chi connectivity index (χ2v) is 3.99. The molecule has 0 radical (unpaired) electrons. The summed E-state index contributed by atoms with van der Waals surface area (Å²) >= 11 is 0. The predicted molar refractivity (Wildman–Crippen MR) is 71.5 cm³/mol. The van der Waals surface area contributed by atoms with Crippen molar-refractivity contribution in [2.24, 2.45) is 0 Å². The van der Waals surface area contributed by atoms with Crippen molar-refractivity contribution >= 4 is 25.2 Å². The lowest BCUT2D eigenvalue weighted by molar-refractivity contribution is 0.424. The Labute approximate surface area is 105 Å². The first-order valence-electron chi connectivity index (χ1n) is 5.50. The molecule has 90 valence electrons. The van der Waals surface area contributed by atoms with Crippen LogP contribution >= 0.6 is 0 Å². The van der Waals surface area contributed by atoms with Crippen LogP contribution in [-0.4, -0.2) is 34.3 Å². The summed E-state index contributed by atoms with van der Waals surface area (Å²) in [6.07, 6.45) is 0. The maximum absolute atomic E-state index is 9.10. The van der Waals surface area contributed by atoms with Gasteiger partial charge in [0.1, 0.15) is 0 Å². The largest absolute Gasteiger partial charge is 0.488 e. The van der Waals surface area contributed by atoms with Gasteiger partial charge in [0.25, 0.3) is 0 Å². The van der Waals surface area contributed by atoms with Gasteiger partial charge in [-0.1, -0.05) is 48.5 Å². The molecule has 0 aliphatic carbocycles. The van der Waals surface area contributed by atoms with Crippen LogP contribution in [0.4, 0.5) is 0 Å². The van der Waals surface area contributed by atoms with E-state index in [0.717, 1.165) is 11.1 Å². The Morgan fingerprint density at radius 2 is 1.22 bits per heavy atom. The van der Waals surface area contributed by atoms with Crippen LogP contribution in [-0.2, 0) is 0 Å². The number of benzene rings is 2. The zero-order valence-corrected chi connectivity index (χ0v) is 9.56. The van der Waals surface area contributed by atoms with Gasteiger partial charge in [0.15, 0.2) is 0 Å². The lowest BCUT2D eigenvalue weighted by Crippen LogP contribution is -2.30. The van der Waals surface area contributed by atoms with Crippen molar-refractivity contribution in [1.29, 1.82) is 0 Å². The van der Waals surface area contributed by atoms with E-state index in [4.69, 9.17) is 20.1 Å². The van der Waals surface area contributed by atoms with Crippen LogP contribution in [0.2, 0.25) is 0 Å². The first-order valence-corrected chi connectivity index (χ1v) is 5.50. The summed E-state index contributed by atoms with van der Waals surface area (Å²) in [5, 5.41) is 36.2. The molecule has 2 rings (SSSR count). The fraction of sp³-hybridized carbons (Fsp3) is 0. The van der Waals surface area contributed by atoms with Crippen molar-refractivity contribution in [3.05, 3.63) is 48.5 Å². The van der Waals surface area contributed by atoms with Crippen LogP contribution in [0.1, 0.15) is 0 Å². The minimum atomic E-state index is -1.50. The van der Waals surface area contributed by atoms with Crippen LogP contribution in [0.3, 0.4) is 0 Å². The zero-order valence-electron chi connectivity index (χ0n) is 9.56. The van der Waals surface area contributed by atoms with Gasteiger partial charge in [-0.25, -0.2) is 0 Å². The maximum Gasteiger partial charge on any atom is 0.488 e. The topological polar surface area (TPSA) is 80.9 Å². The van der Waals surface area contributed by atoms with E-state index in [1.807, 2.05) is 6.07 Å². The summed E-state index contributed by atoms with van der Waals surface area (Å²) in [5.41, 5.74) is 2.53. The lowest BCUT2D eigenvalue weighted by atomic mass is 9.78.